The first-order chi connectivity index (χ1) is 25.7. The minimum absolute atomic E-state index is 0.0668. The lowest BCUT2D eigenvalue weighted by Crippen LogP contribution is -2.30. The lowest BCUT2D eigenvalue weighted by Gasteiger charge is -2.18. The van der Waals surface area contributed by atoms with Gasteiger partial charge in [0.2, 0.25) is 0 Å². The average molecular weight is 751 g/mol. The van der Waals surface area contributed by atoms with Crippen molar-refractivity contribution >= 4 is 17.9 Å². The van der Waals surface area contributed by atoms with Gasteiger partial charge >= 0.3 is 17.9 Å². The molecule has 0 radical (unpaired) electrons. The van der Waals surface area contributed by atoms with Crippen molar-refractivity contribution in [2.45, 2.75) is 253 Å². The van der Waals surface area contributed by atoms with Crippen molar-refractivity contribution in [3.63, 3.8) is 0 Å². The van der Waals surface area contributed by atoms with Gasteiger partial charge in [0.25, 0.3) is 0 Å². The van der Waals surface area contributed by atoms with E-state index in [9.17, 15) is 14.4 Å². The zero-order valence-corrected chi connectivity index (χ0v) is 36.3. The molecule has 0 saturated heterocycles. The summed E-state index contributed by atoms with van der Waals surface area (Å²) in [5.74, 6) is 1.62. The molecule has 0 spiro atoms. The van der Waals surface area contributed by atoms with E-state index in [1.54, 1.807) is 0 Å². The van der Waals surface area contributed by atoms with Crippen LogP contribution in [0.5, 0.6) is 0 Å². The number of unbranched alkanes of at least 4 members (excludes halogenated alkanes) is 21. The molecular formula is C47H90O6. The van der Waals surface area contributed by atoms with Crippen molar-refractivity contribution in [3.05, 3.63) is 0 Å². The summed E-state index contributed by atoms with van der Waals surface area (Å²) in [7, 11) is 0. The van der Waals surface area contributed by atoms with E-state index < -0.39 is 6.10 Å². The van der Waals surface area contributed by atoms with Crippen LogP contribution in [-0.4, -0.2) is 37.2 Å². The lowest BCUT2D eigenvalue weighted by atomic mass is 9.99. The monoisotopic (exact) mass is 751 g/mol. The maximum Gasteiger partial charge on any atom is 0.306 e. The Balaban J connectivity index is 4.37. The van der Waals surface area contributed by atoms with E-state index in [0.29, 0.717) is 19.3 Å². The molecule has 2 unspecified atom stereocenters. The van der Waals surface area contributed by atoms with Crippen LogP contribution in [0.4, 0.5) is 0 Å². The van der Waals surface area contributed by atoms with Crippen LogP contribution in [0.25, 0.3) is 0 Å². The molecule has 0 amide bonds. The number of carbonyl (C=O) groups is 3. The molecule has 0 N–H and O–H groups in total. The van der Waals surface area contributed by atoms with Gasteiger partial charge in [-0.25, -0.2) is 0 Å². The first-order valence-electron chi connectivity index (χ1n) is 23.2. The van der Waals surface area contributed by atoms with Crippen molar-refractivity contribution in [3.8, 4) is 0 Å². The molecule has 0 saturated carbocycles. The third-order valence-electron chi connectivity index (χ3n) is 11.1. The topological polar surface area (TPSA) is 78.9 Å². The number of hydrogen-bond donors (Lipinski definition) is 0. The van der Waals surface area contributed by atoms with Crippen LogP contribution < -0.4 is 0 Å². The second kappa shape index (κ2) is 38.7. The van der Waals surface area contributed by atoms with Crippen LogP contribution in [-0.2, 0) is 28.6 Å². The number of carbonyl (C=O) groups excluding carboxylic acids is 3. The molecular weight excluding hydrogens is 661 g/mol. The van der Waals surface area contributed by atoms with E-state index in [0.717, 1.165) is 75.5 Å². The molecule has 6 heteroatoms. The Morgan fingerprint density at radius 2 is 0.660 bits per heavy atom. The third kappa shape index (κ3) is 38.5. The fourth-order valence-corrected chi connectivity index (χ4v) is 6.81. The summed E-state index contributed by atoms with van der Waals surface area (Å²) in [4.78, 5) is 37.7. The highest BCUT2D eigenvalue weighted by molar-refractivity contribution is 5.71. The number of ether oxygens (including phenoxy) is 3. The molecule has 53 heavy (non-hydrogen) atoms. The first-order valence-corrected chi connectivity index (χ1v) is 23.2. The highest BCUT2D eigenvalue weighted by Gasteiger charge is 2.19. The Morgan fingerprint density at radius 3 is 0.981 bits per heavy atom. The molecule has 0 fully saturated rings. The summed E-state index contributed by atoms with van der Waals surface area (Å²) >= 11 is 0. The van der Waals surface area contributed by atoms with Crippen LogP contribution >= 0.6 is 0 Å². The van der Waals surface area contributed by atoms with Crippen LogP contribution in [0.15, 0.2) is 0 Å². The van der Waals surface area contributed by atoms with E-state index in [-0.39, 0.29) is 31.1 Å². The standard InChI is InChI=1S/C47H90O6/c1-7-42(5)34-28-22-16-10-13-19-25-31-37-46(49)52-40-44(39-51-45(48)36-30-24-18-12-9-15-21-27-33-41(3)4)53-47(50)38-32-26-20-14-11-17-23-29-35-43(6)8-2/h41-44H,7-40H2,1-6H3/t42?,43?,44-/m1/s1. The van der Waals surface area contributed by atoms with Gasteiger partial charge in [0, 0.05) is 19.3 Å². The molecule has 0 aromatic heterocycles. The smallest absolute Gasteiger partial charge is 0.306 e. The SMILES string of the molecule is CCC(C)CCCCCCCCCCC(=O)OC[C@@H](COC(=O)CCCCCCCCCCC(C)C)OC(=O)CCCCCCCCCCC(C)CC. The van der Waals surface area contributed by atoms with Crippen LogP contribution in [0.2, 0.25) is 0 Å². The number of esters is 3. The van der Waals surface area contributed by atoms with Gasteiger partial charge in [-0.15, -0.1) is 0 Å². The number of rotatable bonds is 40. The second-order valence-corrected chi connectivity index (χ2v) is 17.0. The lowest BCUT2D eigenvalue weighted by molar-refractivity contribution is -0.167. The first kappa shape index (κ1) is 51.4. The van der Waals surface area contributed by atoms with E-state index in [2.05, 4.69) is 41.5 Å². The van der Waals surface area contributed by atoms with Crippen molar-refractivity contribution < 1.29 is 28.6 Å². The summed E-state index contributed by atoms with van der Waals surface area (Å²) < 4.78 is 16.7. The highest BCUT2D eigenvalue weighted by atomic mass is 16.6. The Bertz CT molecular complexity index is 826. The minimum atomic E-state index is -0.762. The van der Waals surface area contributed by atoms with Gasteiger partial charge in [-0.1, -0.05) is 208 Å². The largest absolute Gasteiger partial charge is 0.462 e. The molecule has 0 aromatic carbocycles. The predicted octanol–water partition coefficient (Wildman–Crippen LogP) is 14.4. The molecule has 0 aliphatic heterocycles. The van der Waals surface area contributed by atoms with E-state index in [1.165, 1.54) is 128 Å². The van der Waals surface area contributed by atoms with Crippen LogP contribution in [0.1, 0.15) is 247 Å². The molecule has 6 nitrogen and oxygen atoms in total. The van der Waals surface area contributed by atoms with E-state index >= 15 is 0 Å². The van der Waals surface area contributed by atoms with Gasteiger partial charge in [0.1, 0.15) is 13.2 Å². The third-order valence-corrected chi connectivity index (χ3v) is 11.1. The highest BCUT2D eigenvalue weighted by Crippen LogP contribution is 2.18. The minimum Gasteiger partial charge on any atom is -0.462 e. The molecule has 0 bridgehead atoms. The fourth-order valence-electron chi connectivity index (χ4n) is 6.81. The van der Waals surface area contributed by atoms with Crippen LogP contribution in [0, 0.1) is 17.8 Å². The van der Waals surface area contributed by atoms with Crippen molar-refractivity contribution in [1.82, 2.24) is 0 Å². The maximum absolute atomic E-state index is 12.7. The summed E-state index contributed by atoms with van der Waals surface area (Å²) in [6.07, 6.45) is 35.1. The van der Waals surface area contributed by atoms with Gasteiger partial charge in [0.15, 0.2) is 6.10 Å². The fraction of sp³-hybridized carbons (Fsp3) is 0.936. The van der Waals surface area contributed by atoms with E-state index in [1.807, 2.05) is 0 Å². The maximum atomic E-state index is 12.7. The molecule has 0 aliphatic rings. The van der Waals surface area contributed by atoms with Gasteiger partial charge < -0.3 is 14.2 Å². The molecule has 3 atom stereocenters. The van der Waals surface area contributed by atoms with Gasteiger partial charge in [-0.3, -0.25) is 14.4 Å². The van der Waals surface area contributed by atoms with Crippen molar-refractivity contribution in [2.75, 3.05) is 13.2 Å². The second-order valence-electron chi connectivity index (χ2n) is 17.0. The summed E-state index contributed by atoms with van der Waals surface area (Å²) in [6, 6.07) is 0. The Morgan fingerprint density at radius 1 is 0.377 bits per heavy atom. The molecule has 0 heterocycles. The van der Waals surface area contributed by atoms with Gasteiger partial charge in [-0.05, 0) is 37.0 Å². The quantitative estimate of drug-likeness (QED) is 0.0352. The molecule has 0 rings (SSSR count). The van der Waals surface area contributed by atoms with E-state index in [4.69, 9.17) is 14.2 Å². The normalized spacial score (nSPS) is 13.2. The van der Waals surface area contributed by atoms with Crippen molar-refractivity contribution in [2.24, 2.45) is 17.8 Å². The Labute approximate surface area is 329 Å². The predicted molar refractivity (Wildman–Crippen MR) is 224 cm³/mol. The van der Waals surface area contributed by atoms with Crippen molar-refractivity contribution in [1.29, 1.82) is 0 Å². The molecule has 0 aromatic rings. The van der Waals surface area contributed by atoms with Crippen LogP contribution in [0.3, 0.4) is 0 Å². The van der Waals surface area contributed by atoms with Gasteiger partial charge in [0.05, 0.1) is 0 Å². The summed E-state index contributed by atoms with van der Waals surface area (Å²) in [5, 5.41) is 0. The molecule has 314 valence electrons. The van der Waals surface area contributed by atoms with Gasteiger partial charge in [-0.2, -0.15) is 0 Å². The number of hydrogen-bond acceptors (Lipinski definition) is 6. The Hall–Kier alpha value is -1.59. The molecule has 0 aliphatic carbocycles. The summed E-state index contributed by atoms with van der Waals surface area (Å²) in [6.45, 7) is 13.7. The average Bonchev–Trinajstić information content (AvgIpc) is 3.14. The summed E-state index contributed by atoms with van der Waals surface area (Å²) in [5.41, 5.74) is 0. The zero-order chi connectivity index (χ0) is 39.2. The zero-order valence-electron chi connectivity index (χ0n) is 36.3. The Kier molecular flexibility index (Phi) is 37.5.